The van der Waals surface area contributed by atoms with Crippen LogP contribution in [0.3, 0.4) is 0 Å². The van der Waals surface area contributed by atoms with E-state index >= 15 is 0 Å². The Morgan fingerprint density at radius 3 is 1.81 bits per heavy atom. The van der Waals surface area contributed by atoms with Gasteiger partial charge in [0.2, 0.25) is 0 Å². The van der Waals surface area contributed by atoms with Gasteiger partial charge in [-0.2, -0.15) is 0 Å². The minimum absolute atomic E-state index is 0. The molecule has 3 nitrogen and oxygen atoms in total. The quantitative estimate of drug-likeness (QED) is 0.225. The molecule has 0 bridgehead atoms. The molecule has 0 heterocycles. The van der Waals surface area contributed by atoms with Crippen molar-refractivity contribution in [2.45, 2.75) is 109 Å². The van der Waals surface area contributed by atoms with Gasteiger partial charge in [-0.3, -0.25) is 0 Å². The van der Waals surface area contributed by atoms with Crippen molar-refractivity contribution in [3.05, 3.63) is 41.5 Å². The Hall–Kier alpha value is -0.390. The van der Waals surface area contributed by atoms with Crippen LogP contribution in [0.2, 0.25) is 0 Å². The zero-order chi connectivity index (χ0) is 21.8. The first-order chi connectivity index (χ1) is 14.5. The summed E-state index contributed by atoms with van der Waals surface area (Å²) in [7, 11) is -4.44. The van der Waals surface area contributed by atoms with Crippen molar-refractivity contribution in [3.63, 3.8) is 0 Å². The summed E-state index contributed by atoms with van der Waals surface area (Å²) in [5.74, 6) is 0. The minimum atomic E-state index is -4.44. The van der Waals surface area contributed by atoms with E-state index in [1.165, 1.54) is 81.4 Å². The summed E-state index contributed by atoms with van der Waals surface area (Å²) in [4.78, 5) is -0.115. The summed E-state index contributed by atoms with van der Waals surface area (Å²) in [6, 6.07) is 9.11. The van der Waals surface area contributed by atoms with Crippen LogP contribution >= 0.6 is 0 Å². The van der Waals surface area contributed by atoms with Crippen LogP contribution in [0.25, 0.3) is 10.8 Å². The van der Waals surface area contributed by atoms with Gasteiger partial charge in [0.15, 0.2) is 0 Å². The van der Waals surface area contributed by atoms with Crippen molar-refractivity contribution in [2.24, 2.45) is 0 Å². The summed E-state index contributed by atoms with van der Waals surface area (Å²) in [6.07, 6.45) is 17.0. The fraction of sp³-hybridized carbons (Fsp3) is 0.615. The summed E-state index contributed by atoms with van der Waals surface area (Å²) < 4.78 is 34.7. The zero-order valence-corrected chi connectivity index (χ0v) is 22.7. The second kappa shape index (κ2) is 15.4. The third kappa shape index (κ3) is 9.96. The van der Waals surface area contributed by atoms with E-state index in [9.17, 15) is 13.0 Å². The molecule has 2 aromatic rings. The predicted molar refractivity (Wildman–Crippen MR) is 126 cm³/mol. The second-order valence-electron chi connectivity index (χ2n) is 8.58. The minimum Gasteiger partial charge on any atom is -0.744 e. The molecule has 168 valence electrons. The Morgan fingerprint density at radius 1 is 0.710 bits per heavy atom. The van der Waals surface area contributed by atoms with Crippen LogP contribution in [0.15, 0.2) is 35.2 Å². The van der Waals surface area contributed by atoms with Gasteiger partial charge in [-0.1, -0.05) is 96.3 Å². The molecule has 2 rings (SSSR count). The number of fused-ring (bicyclic) bond motifs is 1. The molecule has 0 saturated heterocycles. The first-order valence-electron chi connectivity index (χ1n) is 12.0. The zero-order valence-electron chi connectivity index (χ0n) is 19.9. The summed E-state index contributed by atoms with van der Waals surface area (Å²) >= 11 is 0. The largest absolute Gasteiger partial charge is 1.00 e. The fourth-order valence-corrected chi connectivity index (χ4v) is 4.77. The van der Waals surface area contributed by atoms with Crippen LogP contribution in [-0.2, 0) is 23.0 Å². The summed E-state index contributed by atoms with van der Waals surface area (Å²) in [5.41, 5.74) is 2.58. The van der Waals surface area contributed by atoms with Crippen LogP contribution in [0.5, 0.6) is 0 Å². The molecule has 0 amide bonds. The van der Waals surface area contributed by atoms with Gasteiger partial charge in [0.05, 0.1) is 4.90 Å². The van der Waals surface area contributed by atoms with E-state index in [1.54, 1.807) is 12.1 Å². The molecular formula is C26H39NaO3S. The molecule has 0 radical (unpaired) electrons. The Bertz CT molecular complexity index is 878. The molecule has 0 atom stereocenters. The first kappa shape index (κ1) is 28.6. The molecule has 0 saturated carbocycles. The van der Waals surface area contributed by atoms with Crippen LogP contribution in [-0.4, -0.2) is 13.0 Å². The van der Waals surface area contributed by atoms with Gasteiger partial charge < -0.3 is 4.55 Å². The van der Waals surface area contributed by atoms with E-state index in [0.29, 0.717) is 0 Å². The molecule has 0 N–H and O–H groups in total. The van der Waals surface area contributed by atoms with E-state index in [1.807, 2.05) is 0 Å². The van der Waals surface area contributed by atoms with Crippen molar-refractivity contribution in [2.75, 3.05) is 0 Å². The Balaban J connectivity index is 0.00000480. The Morgan fingerprint density at radius 2 is 1.23 bits per heavy atom. The standard InChI is InChI=1S/C26H40O3S.Na/c1-3-5-7-9-11-13-15-22-17-18-23-19-20-24(30(27,28)29)21-26(23)25(22)16-14-12-10-8-6-4-2;/h17-21H,3-16H2,1-2H3,(H,27,28,29);/q;+1/p-1. The van der Waals surface area contributed by atoms with Gasteiger partial charge in [-0.05, 0) is 59.7 Å². The average Bonchev–Trinajstić information content (AvgIpc) is 2.72. The number of hydrogen-bond donors (Lipinski definition) is 0. The van der Waals surface area contributed by atoms with Crippen LogP contribution in [0, 0.1) is 0 Å². The number of hydrogen-bond acceptors (Lipinski definition) is 3. The van der Waals surface area contributed by atoms with Crippen LogP contribution < -0.4 is 29.6 Å². The van der Waals surface area contributed by atoms with Crippen molar-refractivity contribution in [1.29, 1.82) is 0 Å². The third-order valence-electron chi connectivity index (χ3n) is 6.07. The van der Waals surface area contributed by atoms with E-state index < -0.39 is 10.1 Å². The third-order valence-corrected chi connectivity index (χ3v) is 6.90. The van der Waals surface area contributed by atoms with Gasteiger partial charge in [0, 0.05) is 0 Å². The SMILES string of the molecule is CCCCCCCCc1ccc2ccc(S(=O)(=O)[O-])cc2c1CCCCCCCC.[Na+]. The van der Waals surface area contributed by atoms with Gasteiger partial charge in [-0.15, -0.1) is 0 Å². The van der Waals surface area contributed by atoms with Gasteiger partial charge in [0.25, 0.3) is 0 Å². The van der Waals surface area contributed by atoms with E-state index in [4.69, 9.17) is 0 Å². The smallest absolute Gasteiger partial charge is 0.744 e. The predicted octanol–water partition coefficient (Wildman–Crippen LogP) is 4.55. The van der Waals surface area contributed by atoms with Crippen LogP contribution in [0.4, 0.5) is 0 Å². The number of rotatable bonds is 15. The van der Waals surface area contributed by atoms with Gasteiger partial charge >= 0.3 is 29.6 Å². The maximum atomic E-state index is 11.6. The average molecular weight is 455 g/mol. The molecule has 0 spiro atoms. The van der Waals surface area contributed by atoms with Crippen LogP contribution in [0.1, 0.15) is 102 Å². The van der Waals surface area contributed by atoms with Gasteiger partial charge in [-0.25, -0.2) is 8.42 Å². The normalized spacial score (nSPS) is 11.6. The monoisotopic (exact) mass is 454 g/mol. The number of benzene rings is 2. The van der Waals surface area contributed by atoms with E-state index in [0.717, 1.165) is 36.5 Å². The second-order valence-corrected chi connectivity index (χ2v) is 9.96. The summed E-state index contributed by atoms with van der Waals surface area (Å²) in [6.45, 7) is 4.46. The van der Waals surface area contributed by atoms with Crippen molar-refractivity contribution < 1.29 is 42.5 Å². The Kier molecular flexibility index (Phi) is 14.3. The molecular weight excluding hydrogens is 415 g/mol. The fourth-order valence-electron chi connectivity index (χ4n) is 4.27. The van der Waals surface area contributed by atoms with E-state index in [-0.39, 0.29) is 34.5 Å². The molecule has 0 aromatic heterocycles. The summed E-state index contributed by atoms with van der Waals surface area (Å²) in [5, 5.41) is 1.97. The number of aryl methyl sites for hydroxylation is 2. The van der Waals surface area contributed by atoms with Crippen molar-refractivity contribution in [3.8, 4) is 0 Å². The maximum absolute atomic E-state index is 11.6. The number of unbranched alkanes of at least 4 members (excludes halogenated alkanes) is 10. The maximum Gasteiger partial charge on any atom is 1.00 e. The van der Waals surface area contributed by atoms with Crippen molar-refractivity contribution >= 4 is 20.9 Å². The molecule has 0 fully saturated rings. The topological polar surface area (TPSA) is 57.2 Å². The molecule has 0 aliphatic carbocycles. The molecule has 0 unspecified atom stereocenters. The molecule has 31 heavy (non-hydrogen) atoms. The van der Waals surface area contributed by atoms with Gasteiger partial charge in [0.1, 0.15) is 10.1 Å². The molecule has 2 aromatic carbocycles. The van der Waals surface area contributed by atoms with Crippen molar-refractivity contribution in [1.82, 2.24) is 0 Å². The molecule has 5 heteroatoms. The Labute approximate surface area is 212 Å². The molecule has 0 aliphatic rings. The van der Waals surface area contributed by atoms with E-state index in [2.05, 4.69) is 26.0 Å². The molecule has 0 aliphatic heterocycles. The first-order valence-corrected chi connectivity index (χ1v) is 13.4.